The van der Waals surface area contributed by atoms with Gasteiger partial charge in [-0.3, -0.25) is 4.79 Å². The smallest absolute Gasteiger partial charge is 0.248 e. The highest BCUT2D eigenvalue weighted by Gasteiger charge is 2.14. The van der Waals surface area contributed by atoms with Gasteiger partial charge in [-0.25, -0.2) is 13.6 Å². The maximum Gasteiger partial charge on any atom is 0.248 e. The fourth-order valence-corrected chi connectivity index (χ4v) is 3.70. The Kier molecular flexibility index (Phi) is 5.91. The van der Waals surface area contributed by atoms with Gasteiger partial charge in [0.1, 0.15) is 5.52 Å². The summed E-state index contributed by atoms with van der Waals surface area (Å²) in [4.78, 5) is 16.1. The summed E-state index contributed by atoms with van der Waals surface area (Å²) in [5, 5.41) is 14.7. The van der Waals surface area contributed by atoms with E-state index in [9.17, 15) is 9.18 Å². The van der Waals surface area contributed by atoms with Crippen LogP contribution in [0.4, 0.5) is 21.7 Å². The Morgan fingerprint density at radius 1 is 1.06 bits per heavy atom. The molecule has 0 saturated carbocycles. The molecule has 0 saturated heterocycles. The van der Waals surface area contributed by atoms with E-state index in [0.717, 1.165) is 28.8 Å². The number of nitrogens with zero attached hydrogens (tertiary/aromatic N) is 5. The highest BCUT2D eigenvalue weighted by Crippen LogP contribution is 2.30. The minimum atomic E-state index is -0.607. The van der Waals surface area contributed by atoms with Crippen LogP contribution >= 0.6 is 0 Å². The van der Waals surface area contributed by atoms with E-state index in [1.807, 2.05) is 48.9 Å². The predicted molar refractivity (Wildman–Crippen MR) is 135 cm³/mol. The van der Waals surface area contributed by atoms with Crippen LogP contribution in [0.5, 0.6) is 11.6 Å². The van der Waals surface area contributed by atoms with Crippen LogP contribution in [0.2, 0.25) is 0 Å². The molecule has 180 valence electrons. The van der Waals surface area contributed by atoms with Crippen molar-refractivity contribution in [3.05, 3.63) is 96.7 Å². The second-order valence-electron chi connectivity index (χ2n) is 8.03. The number of halogens is 1. The maximum atomic E-state index is 14.5. The SMILES string of the molecule is C=CC(=O)Nc1ccc(F)c(Oc2nc(Nc3ccc(-n4nc(C)cc4C)cc3)nn3cccc23)c1. The molecule has 5 aromatic rings. The molecule has 0 spiro atoms. The number of carbonyl (C=O) groups is 1. The van der Waals surface area contributed by atoms with E-state index in [1.54, 1.807) is 22.8 Å². The van der Waals surface area contributed by atoms with E-state index in [4.69, 9.17) is 4.74 Å². The number of aromatic nitrogens is 5. The molecule has 0 unspecified atom stereocenters. The molecule has 0 radical (unpaired) electrons. The number of carbonyl (C=O) groups excluding carboxylic acids is 1. The van der Waals surface area contributed by atoms with Gasteiger partial charge in [0.15, 0.2) is 11.6 Å². The Bertz CT molecular complexity index is 1590. The quantitative estimate of drug-likeness (QED) is 0.304. The van der Waals surface area contributed by atoms with Gasteiger partial charge in [-0.1, -0.05) is 6.58 Å². The van der Waals surface area contributed by atoms with Crippen molar-refractivity contribution in [1.29, 1.82) is 0 Å². The molecule has 0 fully saturated rings. The molecule has 3 aromatic heterocycles. The molecular formula is C26H22FN7O2. The van der Waals surface area contributed by atoms with Crippen molar-refractivity contribution in [1.82, 2.24) is 24.4 Å². The molecule has 10 heteroatoms. The monoisotopic (exact) mass is 483 g/mol. The average Bonchev–Trinajstić information content (AvgIpc) is 3.47. The first kappa shape index (κ1) is 22.8. The van der Waals surface area contributed by atoms with Crippen LogP contribution in [0.1, 0.15) is 11.4 Å². The summed E-state index contributed by atoms with van der Waals surface area (Å²) in [5.74, 6) is -0.728. The van der Waals surface area contributed by atoms with Crippen molar-refractivity contribution >= 4 is 28.7 Å². The summed E-state index contributed by atoms with van der Waals surface area (Å²) in [7, 11) is 0. The van der Waals surface area contributed by atoms with E-state index in [0.29, 0.717) is 11.2 Å². The molecule has 0 aliphatic rings. The fraction of sp³-hybridized carbons (Fsp3) is 0.0769. The van der Waals surface area contributed by atoms with Crippen molar-refractivity contribution in [2.45, 2.75) is 13.8 Å². The number of fused-ring (bicyclic) bond motifs is 1. The fourth-order valence-electron chi connectivity index (χ4n) is 3.70. The third-order valence-corrected chi connectivity index (χ3v) is 5.33. The molecule has 2 aromatic carbocycles. The highest BCUT2D eigenvalue weighted by molar-refractivity contribution is 5.98. The van der Waals surface area contributed by atoms with Crippen molar-refractivity contribution in [3.8, 4) is 17.3 Å². The van der Waals surface area contributed by atoms with Gasteiger partial charge in [0.25, 0.3) is 0 Å². The zero-order chi connectivity index (χ0) is 25.2. The number of amides is 1. The number of rotatable bonds is 7. The summed E-state index contributed by atoms with van der Waals surface area (Å²) in [6.07, 6.45) is 2.86. The number of benzene rings is 2. The first-order valence-corrected chi connectivity index (χ1v) is 11.1. The first-order chi connectivity index (χ1) is 17.4. The molecule has 9 nitrogen and oxygen atoms in total. The third-order valence-electron chi connectivity index (χ3n) is 5.33. The van der Waals surface area contributed by atoms with E-state index in [-0.39, 0.29) is 17.6 Å². The third kappa shape index (κ3) is 4.64. The lowest BCUT2D eigenvalue weighted by Crippen LogP contribution is -2.08. The molecule has 0 aliphatic carbocycles. The van der Waals surface area contributed by atoms with Crippen LogP contribution < -0.4 is 15.4 Å². The molecule has 3 heterocycles. The second-order valence-corrected chi connectivity index (χ2v) is 8.03. The minimum Gasteiger partial charge on any atom is -0.434 e. The zero-order valence-corrected chi connectivity index (χ0v) is 19.6. The molecule has 0 atom stereocenters. The molecule has 1 amide bonds. The standard InChI is InChI=1S/C26H22FN7O2/c1-4-24(35)28-19-9-12-21(27)23(15-19)36-25-22-6-5-13-33(22)32-26(30-25)29-18-7-10-20(11-8-18)34-17(3)14-16(2)31-34/h4-15H,1H2,2-3H3,(H,28,35)(H,29,32). The van der Waals surface area contributed by atoms with Crippen LogP contribution in [0.3, 0.4) is 0 Å². The van der Waals surface area contributed by atoms with Gasteiger partial charge < -0.3 is 15.4 Å². The topological polar surface area (TPSA) is 98.4 Å². The highest BCUT2D eigenvalue weighted by atomic mass is 19.1. The predicted octanol–water partition coefficient (Wildman–Crippen LogP) is 5.33. The van der Waals surface area contributed by atoms with Gasteiger partial charge in [0.2, 0.25) is 17.7 Å². The molecule has 36 heavy (non-hydrogen) atoms. The van der Waals surface area contributed by atoms with Crippen molar-refractivity contribution in [2.24, 2.45) is 0 Å². The van der Waals surface area contributed by atoms with Gasteiger partial charge in [0, 0.05) is 29.3 Å². The Hall–Kier alpha value is -4.99. The molecule has 0 bridgehead atoms. The van der Waals surface area contributed by atoms with Crippen LogP contribution in [0.15, 0.2) is 79.5 Å². The molecular weight excluding hydrogens is 461 g/mol. The van der Waals surface area contributed by atoms with Crippen LogP contribution in [-0.2, 0) is 4.79 Å². The number of ether oxygens (including phenoxy) is 1. The lowest BCUT2D eigenvalue weighted by molar-refractivity contribution is -0.111. The molecule has 0 aliphatic heterocycles. The van der Waals surface area contributed by atoms with E-state index < -0.39 is 11.7 Å². The molecule has 2 N–H and O–H groups in total. The summed E-state index contributed by atoms with van der Waals surface area (Å²) in [5.41, 5.74) is 4.56. The summed E-state index contributed by atoms with van der Waals surface area (Å²) >= 11 is 0. The summed E-state index contributed by atoms with van der Waals surface area (Å²) < 4.78 is 23.8. The average molecular weight is 484 g/mol. The zero-order valence-electron chi connectivity index (χ0n) is 19.6. The lowest BCUT2D eigenvalue weighted by atomic mass is 10.2. The Morgan fingerprint density at radius 3 is 2.56 bits per heavy atom. The number of hydrogen-bond acceptors (Lipinski definition) is 6. The van der Waals surface area contributed by atoms with Gasteiger partial charge in [-0.05, 0) is 74.5 Å². The number of anilines is 3. The van der Waals surface area contributed by atoms with Gasteiger partial charge in [-0.15, -0.1) is 5.10 Å². The van der Waals surface area contributed by atoms with E-state index in [2.05, 4.69) is 32.4 Å². The number of nitrogens with one attached hydrogen (secondary N) is 2. The Balaban J connectivity index is 1.42. The molecule has 5 rings (SSSR count). The normalized spacial score (nSPS) is 10.9. The van der Waals surface area contributed by atoms with E-state index >= 15 is 0 Å². The largest absolute Gasteiger partial charge is 0.434 e. The minimum absolute atomic E-state index is 0.0983. The second kappa shape index (κ2) is 9.34. The lowest BCUT2D eigenvalue weighted by Gasteiger charge is -2.12. The maximum absolute atomic E-state index is 14.5. The van der Waals surface area contributed by atoms with Crippen molar-refractivity contribution in [2.75, 3.05) is 10.6 Å². The first-order valence-electron chi connectivity index (χ1n) is 11.1. The Morgan fingerprint density at radius 2 is 1.83 bits per heavy atom. The Labute approximate surface area is 205 Å². The van der Waals surface area contributed by atoms with Gasteiger partial charge in [0.05, 0.1) is 11.4 Å². The van der Waals surface area contributed by atoms with Crippen molar-refractivity contribution in [3.63, 3.8) is 0 Å². The van der Waals surface area contributed by atoms with Crippen LogP contribution in [0, 0.1) is 19.7 Å². The summed E-state index contributed by atoms with van der Waals surface area (Å²) in [6, 6.07) is 17.2. The van der Waals surface area contributed by atoms with Crippen molar-refractivity contribution < 1.29 is 13.9 Å². The van der Waals surface area contributed by atoms with Gasteiger partial charge >= 0.3 is 0 Å². The van der Waals surface area contributed by atoms with Gasteiger partial charge in [-0.2, -0.15) is 10.1 Å². The van der Waals surface area contributed by atoms with Crippen LogP contribution in [0.25, 0.3) is 11.2 Å². The van der Waals surface area contributed by atoms with E-state index in [1.165, 1.54) is 18.2 Å². The van der Waals surface area contributed by atoms with Crippen LogP contribution in [-0.4, -0.2) is 30.3 Å². The number of hydrogen-bond donors (Lipinski definition) is 2. The summed E-state index contributed by atoms with van der Waals surface area (Å²) in [6.45, 7) is 7.36. The number of aryl methyl sites for hydroxylation is 2.